The SMILES string of the molecule is N#Cc1ncc(Br)cc1I. The Morgan fingerprint density at radius 3 is 2.90 bits per heavy atom. The van der Waals surface area contributed by atoms with Crippen molar-refractivity contribution in [2.24, 2.45) is 0 Å². The van der Waals surface area contributed by atoms with Crippen LogP contribution >= 0.6 is 38.5 Å². The average molecular weight is 309 g/mol. The second kappa shape index (κ2) is 3.30. The van der Waals surface area contributed by atoms with Crippen molar-refractivity contribution in [3.8, 4) is 6.07 Å². The summed E-state index contributed by atoms with van der Waals surface area (Å²) in [5.41, 5.74) is 0.476. The number of hydrogen-bond donors (Lipinski definition) is 0. The van der Waals surface area contributed by atoms with E-state index in [4.69, 9.17) is 5.26 Å². The van der Waals surface area contributed by atoms with E-state index in [2.05, 4.69) is 43.5 Å². The lowest BCUT2D eigenvalue weighted by Crippen LogP contribution is -1.85. The van der Waals surface area contributed by atoms with Crippen LogP contribution in [0.4, 0.5) is 0 Å². The number of aromatic nitrogens is 1. The van der Waals surface area contributed by atoms with E-state index < -0.39 is 0 Å². The lowest BCUT2D eigenvalue weighted by molar-refractivity contribution is 1.23. The van der Waals surface area contributed by atoms with Gasteiger partial charge in [0.05, 0.1) is 3.57 Å². The molecule has 0 unspecified atom stereocenters. The lowest BCUT2D eigenvalue weighted by atomic mass is 10.4. The predicted molar refractivity (Wildman–Crippen MR) is 49.4 cm³/mol. The van der Waals surface area contributed by atoms with Crippen LogP contribution in [0.25, 0.3) is 0 Å². The molecular weight excluding hydrogens is 307 g/mol. The fourth-order valence-electron chi connectivity index (χ4n) is 0.497. The van der Waals surface area contributed by atoms with Crippen molar-refractivity contribution in [3.63, 3.8) is 0 Å². The zero-order valence-corrected chi connectivity index (χ0v) is 8.55. The molecule has 0 N–H and O–H groups in total. The minimum absolute atomic E-state index is 0.476. The predicted octanol–water partition coefficient (Wildman–Crippen LogP) is 2.32. The Labute approximate surface area is 80.5 Å². The maximum Gasteiger partial charge on any atom is 0.153 e. The third-order valence-corrected chi connectivity index (χ3v) is 2.17. The van der Waals surface area contributed by atoms with Gasteiger partial charge >= 0.3 is 0 Å². The summed E-state index contributed by atoms with van der Waals surface area (Å²) in [5, 5.41) is 8.48. The van der Waals surface area contributed by atoms with Crippen LogP contribution in [-0.4, -0.2) is 4.98 Å². The van der Waals surface area contributed by atoms with Gasteiger partial charge in [-0.2, -0.15) is 5.26 Å². The normalized spacial score (nSPS) is 8.90. The summed E-state index contributed by atoms with van der Waals surface area (Å²) in [4.78, 5) is 3.88. The minimum atomic E-state index is 0.476. The average Bonchev–Trinajstić information content (AvgIpc) is 1.88. The molecule has 0 saturated carbocycles. The third kappa shape index (κ3) is 1.67. The van der Waals surface area contributed by atoms with Gasteiger partial charge in [-0.3, -0.25) is 0 Å². The van der Waals surface area contributed by atoms with Gasteiger partial charge in [-0.25, -0.2) is 4.98 Å². The number of nitriles is 1. The molecule has 1 aromatic heterocycles. The van der Waals surface area contributed by atoms with E-state index in [1.807, 2.05) is 12.1 Å². The van der Waals surface area contributed by atoms with Crippen molar-refractivity contribution in [2.75, 3.05) is 0 Å². The minimum Gasteiger partial charge on any atom is -0.243 e. The molecule has 50 valence electrons. The van der Waals surface area contributed by atoms with Crippen LogP contribution in [0.1, 0.15) is 5.69 Å². The second-order valence-corrected chi connectivity index (χ2v) is 3.67. The Kier molecular flexibility index (Phi) is 2.63. The molecule has 0 aromatic carbocycles. The Hall–Kier alpha value is -0.150. The van der Waals surface area contributed by atoms with Crippen LogP contribution in [0.5, 0.6) is 0 Å². The number of hydrogen-bond acceptors (Lipinski definition) is 2. The van der Waals surface area contributed by atoms with E-state index >= 15 is 0 Å². The molecule has 0 aliphatic rings. The van der Waals surface area contributed by atoms with Gasteiger partial charge in [0.15, 0.2) is 5.69 Å². The number of halogens is 2. The summed E-state index contributed by atoms with van der Waals surface area (Å²) in [6, 6.07) is 3.84. The smallest absolute Gasteiger partial charge is 0.153 e. The fourth-order valence-corrected chi connectivity index (χ4v) is 1.85. The van der Waals surface area contributed by atoms with E-state index in [0.29, 0.717) is 5.69 Å². The van der Waals surface area contributed by atoms with Gasteiger partial charge in [-0.1, -0.05) is 0 Å². The van der Waals surface area contributed by atoms with E-state index in [9.17, 15) is 0 Å². The summed E-state index contributed by atoms with van der Waals surface area (Å²) in [5.74, 6) is 0. The number of nitrogens with zero attached hydrogens (tertiary/aromatic N) is 2. The molecule has 10 heavy (non-hydrogen) atoms. The second-order valence-electron chi connectivity index (χ2n) is 1.60. The lowest BCUT2D eigenvalue weighted by Gasteiger charge is -1.92. The van der Waals surface area contributed by atoms with Gasteiger partial charge in [0.2, 0.25) is 0 Å². The molecule has 1 heterocycles. The van der Waals surface area contributed by atoms with E-state index in [0.717, 1.165) is 8.04 Å². The van der Waals surface area contributed by atoms with Crippen molar-refractivity contribution >= 4 is 38.5 Å². The van der Waals surface area contributed by atoms with Crippen molar-refractivity contribution in [1.29, 1.82) is 5.26 Å². The van der Waals surface area contributed by atoms with Crippen molar-refractivity contribution in [1.82, 2.24) is 4.98 Å². The summed E-state index contributed by atoms with van der Waals surface area (Å²) >= 11 is 5.32. The third-order valence-electron chi connectivity index (χ3n) is 0.914. The highest BCUT2D eigenvalue weighted by atomic mass is 127. The zero-order valence-electron chi connectivity index (χ0n) is 4.81. The maximum atomic E-state index is 8.48. The molecule has 0 amide bonds. The Bertz CT molecular complexity index is 292. The first-order valence-electron chi connectivity index (χ1n) is 2.45. The Balaban J connectivity index is 3.23. The van der Waals surface area contributed by atoms with Crippen LogP contribution in [0.15, 0.2) is 16.7 Å². The molecule has 0 spiro atoms. The van der Waals surface area contributed by atoms with Crippen LogP contribution in [0, 0.1) is 14.9 Å². The molecule has 0 aliphatic carbocycles. The van der Waals surface area contributed by atoms with Gasteiger partial charge in [0, 0.05) is 10.7 Å². The summed E-state index contributed by atoms with van der Waals surface area (Å²) in [6.45, 7) is 0. The van der Waals surface area contributed by atoms with Gasteiger partial charge in [-0.15, -0.1) is 0 Å². The molecule has 0 bridgehead atoms. The van der Waals surface area contributed by atoms with Crippen LogP contribution in [-0.2, 0) is 0 Å². The number of pyridine rings is 1. The zero-order chi connectivity index (χ0) is 7.56. The first kappa shape index (κ1) is 7.95. The van der Waals surface area contributed by atoms with E-state index in [1.54, 1.807) is 6.20 Å². The highest BCUT2D eigenvalue weighted by Gasteiger charge is 1.98. The highest BCUT2D eigenvalue weighted by molar-refractivity contribution is 14.1. The van der Waals surface area contributed by atoms with Crippen LogP contribution < -0.4 is 0 Å². The highest BCUT2D eigenvalue weighted by Crippen LogP contribution is 2.14. The fraction of sp³-hybridized carbons (Fsp3) is 0. The largest absolute Gasteiger partial charge is 0.243 e. The molecule has 4 heteroatoms. The summed E-state index contributed by atoms with van der Waals surface area (Å²) < 4.78 is 1.77. The molecule has 0 radical (unpaired) electrons. The molecule has 2 nitrogen and oxygen atoms in total. The van der Waals surface area contributed by atoms with Gasteiger partial charge in [0.1, 0.15) is 6.07 Å². The molecule has 0 saturated heterocycles. The molecular formula is C6H2BrIN2. The van der Waals surface area contributed by atoms with E-state index in [1.165, 1.54) is 0 Å². The molecule has 0 aliphatic heterocycles. The van der Waals surface area contributed by atoms with Crippen molar-refractivity contribution in [3.05, 3.63) is 26.0 Å². The monoisotopic (exact) mass is 308 g/mol. The van der Waals surface area contributed by atoms with Gasteiger partial charge in [-0.05, 0) is 44.6 Å². The standard InChI is InChI=1S/C6H2BrIN2/c7-4-1-5(8)6(2-9)10-3-4/h1,3H. The molecule has 1 aromatic rings. The summed E-state index contributed by atoms with van der Waals surface area (Å²) in [6.07, 6.45) is 1.61. The van der Waals surface area contributed by atoms with E-state index in [-0.39, 0.29) is 0 Å². The maximum absolute atomic E-state index is 8.48. The van der Waals surface area contributed by atoms with Crippen molar-refractivity contribution < 1.29 is 0 Å². The number of rotatable bonds is 0. The quantitative estimate of drug-likeness (QED) is 0.690. The van der Waals surface area contributed by atoms with Gasteiger partial charge < -0.3 is 0 Å². The Morgan fingerprint density at radius 1 is 1.70 bits per heavy atom. The Morgan fingerprint density at radius 2 is 2.40 bits per heavy atom. The van der Waals surface area contributed by atoms with Crippen LogP contribution in [0.3, 0.4) is 0 Å². The first-order chi connectivity index (χ1) is 4.74. The molecule has 0 atom stereocenters. The topological polar surface area (TPSA) is 36.7 Å². The van der Waals surface area contributed by atoms with Gasteiger partial charge in [0.25, 0.3) is 0 Å². The molecule has 1 rings (SSSR count). The van der Waals surface area contributed by atoms with Crippen molar-refractivity contribution in [2.45, 2.75) is 0 Å². The van der Waals surface area contributed by atoms with Crippen LogP contribution in [0.2, 0.25) is 0 Å². The first-order valence-corrected chi connectivity index (χ1v) is 4.32. The summed E-state index contributed by atoms with van der Waals surface area (Å²) in [7, 11) is 0. The molecule has 0 fully saturated rings.